The molecule has 5 heteroatoms. The van der Waals surface area contributed by atoms with E-state index in [0.29, 0.717) is 23.4 Å². The number of likely N-dealkylation sites (tertiary alicyclic amines) is 1. The second kappa shape index (κ2) is 6.43. The van der Waals surface area contributed by atoms with Crippen molar-refractivity contribution in [3.05, 3.63) is 70.0 Å². The van der Waals surface area contributed by atoms with Crippen molar-refractivity contribution in [3.63, 3.8) is 0 Å². The molecule has 0 aromatic heterocycles. The molecule has 0 radical (unpaired) electrons. The highest BCUT2D eigenvalue weighted by Crippen LogP contribution is 2.44. The van der Waals surface area contributed by atoms with Crippen LogP contribution in [-0.2, 0) is 0 Å². The summed E-state index contributed by atoms with van der Waals surface area (Å²) in [6.45, 7) is 4.48. The first-order chi connectivity index (χ1) is 12.1. The third-order valence-corrected chi connectivity index (χ3v) is 5.73. The number of aryl methyl sites for hydroxylation is 1. The molecule has 2 heterocycles. The normalized spacial score (nSPS) is 25.2. The first-order valence-electron chi connectivity index (χ1n) is 8.58. The molecular weight excluding hydrogens is 339 g/mol. The van der Waals surface area contributed by atoms with E-state index in [1.165, 1.54) is 18.2 Å². The summed E-state index contributed by atoms with van der Waals surface area (Å²) < 4.78 is 14.3. The number of fused-ring (bicyclic) bond motifs is 1. The number of hydrogen-bond acceptors (Lipinski definition) is 2. The quantitative estimate of drug-likeness (QED) is 0.885. The minimum Gasteiger partial charge on any atom is -0.331 e. The molecule has 3 atom stereocenters. The molecule has 0 spiro atoms. The molecule has 3 nitrogen and oxygen atoms in total. The van der Waals surface area contributed by atoms with Crippen LogP contribution in [0.15, 0.2) is 42.5 Å². The number of rotatable bonds is 2. The molecule has 1 amide bonds. The topological polar surface area (TPSA) is 32.3 Å². The lowest BCUT2D eigenvalue weighted by Crippen LogP contribution is -2.35. The van der Waals surface area contributed by atoms with Gasteiger partial charge >= 0.3 is 0 Å². The van der Waals surface area contributed by atoms with E-state index >= 15 is 0 Å². The van der Waals surface area contributed by atoms with Crippen LogP contribution in [0.2, 0.25) is 5.02 Å². The van der Waals surface area contributed by atoms with Gasteiger partial charge in [0.15, 0.2) is 0 Å². The van der Waals surface area contributed by atoms with Crippen LogP contribution >= 0.6 is 11.6 Å². The summed E-state index contributed by atoms with van der Waals surface area (Å²) in [5.41, 5.74) is 2.36. The summed E-state index contributed by atoms with van der Waals surface area (Å²) in [5, 5.41) is 3.80. The van der Waals surface area contributed by atoms with Gasteiger partial charge in [0.25, 0.3) is 5.91 Å². The van der Waals surface area contributed by atoms with E-state index in [1.807, 2.05) is 17.0 Å². The van der Waals surface area contributed by atoms with Gasteiger partial charge in [-0.25, -0.2) is 4.39 Å². The van der Waals surface area contributed by atoms with Crippen LogP contribution < -0.4 is 5.32 Å². The van der Waals surface area contributed by atoms with E-state index in [1.54, 1.807) is 0 Å². The number of halogens is 2. The van der Waals surface area contributed by atoms with Gasteiger partial charge in [-0.05, 0) is 42.2 Å². The van der Waals surface area contributed by atoms with Crippen LogP contribution in [0.4, 0.5) is 4.39 Å². The fraction of sp³-hybridized carbons (Fsp3) is 0.350. The van der Waals surface area contributed by atoms with Crippen LogP contribution in [0.5, 0.6) is 0 Å². The minimum absolute atomic E-state index is 0.0351. The summed E-state index contributed by atoms with van der Waals surface area (Å²) in [7, 11) is 0. The highest BCUT2D eigenvalue weighted by atomic mass is 35.5. The molecule has 2 aromatic carbocycles. The Labute approximate surface area is 151 Å². The van der Waals surface area contributed by atoms with E-state index in [4.69, 9.17) is 11.6 Å². The number of benzene rings is 2. The van der Waals surface area contributed by atoms with Gasteiger partial charge in [-0.3, -0.25) is 4.79 Å². The number of nitrogens with zero attached hydrogens (tertiary/aromatic N) is 1. The lowest BCUT2D eigenvalue weighted by atomic mass is 9.87. The van der Waals surface area contributed by atoms with Gasteiger partial charge in [0, 0.05) is 30.6 Å². The Kier molecular flexibility index (Phi) is 4.26. The summed E-state index contributed by atoms with van der Waals surface area (Å²) in [4.78, 5) is 15.0. The van der Waals surface area contributed by atoms with Crippen molar-refractivity contribution in [2.24, 2.45) is 11.8 Å². The molecule has 0 saturated carbocycles. The lowest BCUT2D eigenvalue weighted by molar-refractivity contribution is 0.0709. The van der Waals surface area contributed by atoms with E-state index < -0.39 is 5.82 Å². The summed E-state index contributed by atoms with van der Waals surface area (Å²) >= 11 is 5.99. The molecule has 0 unspecified atom stereocenters. The molecule has 4 rings (SSSR count). The van der Waals surface area contributed by atoms with Gasteiger partial charge in [0.1, 0.15) is 5.82 Å². The first-order valence-corrected chi connectivity index (χ1v) is 8.96. The predicted molar refractivity (Wildman–Crippen MR) is 96.2 cm³/mol. The third-order valence-electron chi connectivity index (χ3n) is 5.49. The van der Waals surface area contributed by atoms with Crippen LogP contribution in [-0.4, -0.2) is 30.4 Å². The maximum absolute atomic E-state index is 14.3. The second-order valence-electron chi connectivity index (χ2n) is 6.97. The SMILES string of the molecule is Cc1ccccc1[C@@H]1[C@H]2CNC[C@H]2CN1C(=O)c1cc(Cl)ccc1F. The van der Waals surface area contributed by atoms with Gasteiger partial charge in [-0.2, -0.15) is 0 Å². The molecule has 2 aliphatic heterocycles. The Balaban J connectivity index is 1.76. The summed E-state index contributed by atoms with van der Waals surface area (Å²) in [6, 6.07) is 12.3. The van der Waals surface area contributed by atoms with Crippen LogP contribution in [0.25, 0.3) is 0 Å². The molecule has 2 aromatic rings. The van der Waals surface area contributed by atoms with Crippen molar-refractivity contribution in [1.82, 2.24) is 10.2 Å². The summed E-state index contributed by atoms with van der Waals surface area (Å²) in [6.07, 6.45) is 0. The Morgan fingerprint density at radius 1 is 1.24 bits per heavy atom. The Hall–Kier alpha value is -1.91. The number of carbonyl (C=O) groups excluding carboxylic acids is 1. The predicted octanol–water partition coefficient (Wildman–Crippen LogP) is 3.82. The Morgan fingerprint density at radius 3 is 2.84 bits per heavy atom. The molecule has 2 fully saturated rings. The molecule has 130 valence electrons. The Bertz CT molecular complexity index is 825. The van der Waals surface area contributed by atoms with Gasteiger partial charge in [-0.15, -0.1) is 0 Å². The van der Waals surface area contributed by atoms with E-state index in [-0.39, 0.29) is 17.5 Å². The number of amides is 1. The van der Waals surface area contributed by atoms with Gasteiger partial charge < -0.3 is 10.2 Å². The monoisotopic (exact) mass is 358 g/mol. The average Bonchev–Trinajstić information content (AvgIpc) is 3.18. The maximum atomic E-state index is 14.3. The fourth-order valence-electron chi connectivity index (χ4n) is 4.26. The highest BCUT2D eigenvalue weighted by molar-refractivity contribution is 6.31. The number of carbonyl (C=O) groups is 1. The van der Waals surface area contributed by atoms with Gasteiger partial charge in [-0.1, -0.05) is 35.9 Å². The third kappa shape index (κ3) is 2.83. The molecular formula is C20H20ClFN2O. The van der Waals surface area contributed by atoms with Crippen LogP contribution in [0.3, 0.4) is 0 Å². The van der Waals surface area contributed by atoms with Crippen molar-refractivity contribution >= 4 is 17.5 Å². The zero-order valence-electron chi connectivity index (χ0n) is 14.0. The number of hydrogen-bond donors (Lipinski definition) is 1. The minimum atomic E-state index is -0.520. The molecule has 0 bridgehead atoms. The second-order valence-corrected chi connectivity index (χ2v) is 7.40. The van der Waals surface area contributed by atoms with Gasteiger partial charge in [0.05, 0.1) is 11.6 Å². The standard InChI is InChI=1S/C20H20ClFN2O/c1-12-4-2-3-5-15(12)19-17-10-23-9-13(17)11-24(19)20(25)16-8-14(21)6-7-18(16)22/h2-8,13,17,19,23H,9-11H2,1H3/t13-,17-,19+/m0/s1. The largest absolute Gasteiger partial charge is 0.331 e. The molecule has 2 saturated heterocycles. The van der Waals surface area contributed by atoms with E-state index in [2.05, 4.69) is 24.4 Å². The smallest absolute Gasteiger partial charge is 0.257 e. The zero-order chi connectivity index (χ0) is 17.6. The zero-order valence-corrected chi connectivity index (χ0v) is 14.8. The van der Waals surface area contributed by atoms with E-state index in [9.17, 15) is 9.18 Å². The van der Waals surface area contributed by atoms with Gasteiger partial charge in [0.2, 0.25) is 0 Å². The molecule has 2 aliphatic rings. The van der Waals surface area contributed by atoms with Crippen molar-refractivity contribution in [1.29, 1.82) is 0 Å². The van der Waals surface area contributed by atoms with Crippen LogP contribution in [0, 0.1) is 24.6 Å². The van der Waals surface area contributed by atoms with Crippen molar-refractivity contribution in [3.8, 4) is 0 Å². The highest BCUT2D eigenvalue weighted by Gasteiger charge is 2.47. The van der Waals surface area contributed by atoms with Crippen molar-refractivity contribution < 1.29 is 9.18 Å². The molecule has 0 aliphatic carbocycles. The van der Waals surface area contributed by atoms with Crippen molar-refractivity contribution in [2.75, 3.05) is 19.6 Å². The average molecular weight is 359 g/mol. The van der Waals surface area contributed by atoms with Crippen molar-refractivity contribution in [2.45, 2.75) is 13.0 Å². The van der Waals surface area contributed by atoms with Crippen LogP contribution in [0.1, 0.15) is 27.5 Å². The number of nitrogens with one attached hydrogen (secondary N) is 1. The Morgan fingerprint density at radius 2 is 2.04 bits per heavy atom. The first kappa shape index (κ1) is 16.6. The maximum Gasteiger partial charge on any atom is 0.257 e. The molecule has 1 N–H and O–H groups in total. The fourth-order valence-corrected chi connectivity index (χ4v) is 4.43. The molecule has 25 heavy (non-hydrogen) atoms. The van der Waals surface area contributed by atoms with E-state index in [0.717, 1.165) is 24.2 Å². The summed E-state index contributed by atoms with van der Waals surface area (Å²) in [5.74, 6) is -0.0427. The lowest BCUT2D eigenvalue weighted by Gasteiger charge is -2.30.